The zero-order valence-electron chi connectivity index (χ0n) is 16.8. The van der Waals surface area contributed by atoms with Crippen LogP contribution in [0.25, 0.3) is 10.9 Å². The van der Waals surface area contributed by atoms with Gasteiger partial charge >= 0.3 is 0 Å². The number of hydrogen-bond donors (Lipinski definition) is 3. The van der Waals surface area contributed by atoms with Crippen molar-refractivity contribution < 1.29 is 50.2 Å². The quantitative estimate of drug-likeness (QED) is 0.369. The van der Waals surface area contributed by atoms with Gasteiger partial charge in [-0.3, -0.25) is 9.59 Å². The summed E-state index contributed by atoms with van der Waals surface area (Å²) in [5, 5.41) is 13.5. The summed E-state index contributed by atoms with van der Waals surface area (Å²) in [4.78, 5) is 34.5. The van der Waals surface area contributed by atoms with E-state index in [2.05, 4.69) is 21.5 Å². The van der Waals surface area contributed by atoms with Crippen LogP contribution in [0.2, 0.25) is 0 Å². The molecule has 1 fully saturated rings. The van der Waals surface area contributed by atoms with Gasteiger partial charge in [0.05, 0.1) is 11.8 Å². The van der Waals surface area contributed by atoms with Gasteiger partial charge in [-0.05, 0) is 36.1 Å². The first-order valence-corrected chi connectivity index (χ1v) is 9.86. The Morgan fingerprint density at radius 1 is 1.35 bits per heavy atom. The predicted molar refractivity (Wildman–Crippen MR) is 108 cm³/mol. The van der Waals surface area contributed by atoms with Crippen molar-refractivity contribution in [2.24, 2.45) is 0 Å². The Bertz CT molecular complexity index is 1020. The van der Waals surface area contributed by atoms with Crippen LogP contribution in [0, 0.1) is 43.1 Å². The second-order valence-electron chi connectivity index (χ2n) is 7.52. The summed E-state index contributed by atoms with van der Waals surface area (Å²) in [6, 6.07) is 8.33. The number of carbonyl (C=O) groups is 2. The summed E-state index contributed by atoms with van der Waals surface area (Å²) in [6.07, 6.45) is 5.29. The van der Waals surface area contributed by atoms with Crippen LogP contribution in [-0.2, 0) is 11.2 Å². The molecule has 2 amide bonds. The van der Waals surface area contributed by atoms with Crippen LogP contribution in [0.4, 0.5) is 4.39 Å². The summed E-state index contributed by atoms with van der Waals surface area (Å²) < 4.78 is 13.3. The normalized spacial score (nSPS) is 17.1. The number of β-amino-alcohol motifs (C(OH)–C–C–N with tert-alkyl or cyclic N) is 1. The van der Waals surface area contributed by atoms with Crippen LogP contribution in [0.5, 0.6) is 0 Å². The number of likely N-dealkylation sites (tertiary alicyclic amines) is 1. The van der Waals surface area contributed by atoms with Gasteiger partial charge < -0.3 is 25.3 Å². The Hall–Kier alpha value is -2.21. The second-order valence-corrected chi connectivity index (χ2v) is 7.52. The van der Waals surface area contributed by atoms with Crippen LogP contribution in [0.1, 0.15) is 28.9 Å². The molecular formula is C22H22FN4O3U-. The van der Waals surface area contributed by atoms with Crippen molar-refractivity contribution in [3.8, 4) is 0 Å². The van der Waals surface area contributed by atoms with E-state index in [1.165, 1.54) is 12.1 Å². The zero-order chi connectivity index (χ0) is 21.1. The molecule has 0 radical (unpaired) electrons. The number of hydrogen-bond acceptors (Lipinski definition) is 4. The monoisotopic (exact) mass is 647 g/mol. The zero-order valence-corrected chi connectivity index (χ0v) is 20.9. The van der Waals surface area contributed by atoms with Gasteiger partial charge in [-0.1, -0.05) is 30.6 Å². The summed E-state index contributed by atoms with van der Waals surface area (Å²) in [5.74, 6) is -1.06. The molecule has 3 N–H and O–H groups in total. The van der Waals surface area contributed by atoms with Gasteiger partial charge in [0.25, 0.3) is 5.91 Å². The number of nitrogens with zero attached hydrogens (tertiary/aromatic N) is 2. The Balaban J connectivity index is 0.00000272. The van der Waals surface area contributed by atoms with Crippen molar-refractivity contribution in [3.63, 3.8) is 0 Å². The fourth-order valence-corrected chi connectivity index (χ4v) is 3.71. The standard InChI is InChI=1S/C22H22FN4O3.U/c23-16-5-3-14(4-6-16)10-19(22(30)27-9-1-2-17(28)13-27)26-21(29)18-11-15-7-8-24-12-20(15)25-18;/h3-7,11-12,17,19,25,28H,1-2,9-10,13H2,(H,26,29);/q-1;/t17-,19?;/m1./s1. The van der Waals surface area contributed by atoms with Crippen LogP contribution in [-0.4, -0.2) is 57.0 Å². The van der Waals surface area contributed by atoms with E-state index >= 15 is 0 Å². The summed E-state index contributed by atoms with van der Waals surface area (Å²) >= 11 is 0. The molecule has 1 aliphatic heterocycles. The Labute approximate surface area is 202 Å². The maximum absolute atomic E-state index is 13.3. The average Bonchev–Trinajstić information content (AvgIpc) is 3.19. The second kappa shape index (κ2) is 10.4. The first-order chi connectivity index (χ1) is 14.5. The molecule has 2 aromatic heterocycles. The largest absolute Gasteiger partial charge is 0.392 e. The maximum atomic E-state index is 13.3. The van der Waals surface area contributed by atoms with Crippen LogP contribution in [0.15, 0.2) is 42.6 Å². The Morgan fingerprint density at radius 2 is 2.13 bits per heavy atom. The molecule has 1 saturated heterocycles. The summed E-state index contributed by atoms with van der Waals surface area (Å²) in [7, 11) is 0. The van der Waals surface area contributed by atoms with E-state index < -0.39 is 18.1 Å². The SMILES string of the molecule is O=C(NC(Cc1ccc(F)cc1)C(=O)N1CCC[C@@H](O)C1)c1cc2c[c-]ncc2[nH]1.[U]. The number of H-pyrrole nitrogens is 1. The molecule has 0 spiro atoms. The number of aromatic amines is 1. The van der Waals surface area contributed by atoms with Crippen LogP contribution >= 0.6 is 0 Å². The number of nitrogens with one attached hydrogen (secondary N) is 2. The molecule has 0 saturated carbocycles. The molecular weight excluding hydrogens is 625 g/mol. The first-order valence-electron chi connectivity index (χ1n) is 9.86. The van der Waals surface area contributed by atoms with Crippen molar-refractivity contribution >= 4 is 22.7 Å². The number of aliphatic hydroxyl groups is 1. The third-order valence-electron chi connectivity index (χ3n) is 5.28. The van der Waals surface area contributed by atoms with E-state index in [4.69, 9.17) is 0 Å². The number of aliphatic hydroxyl groups excluding tert-OH is 1. The molecule has 0 bridgehead atoms. The van der Waals surface area contributed by atoms with Gasteiger partial charge in [-0.2, -0.15) is 0 Å². The van der Waals surface area contributed by atoms with Gasteiger partial charge in [0.2, 0.25) is 5.91 Å². The van der Waals surface area contributed by atoms with Crippen molar-refractivity contribution in [3.05, 3.63) is 65.9 Å². The molecule has 1 unspecified atom stereocenters. The maximum Gasteiger partial charge on any atom is 0.267 e. The predicted octanol–water partition coefficient (Wildman–Crippen LogP) is 1.83. The number of piperidine rings is 1. The minimum absolute atomic E-state index is 0. The molecule has 1 aliphatic rings. The molecule has 1 aromatic carbocycles. The molecule has 160 valence electrons. The number of halogens is 1. The van der Waals surface area contributed by atoms with Gasteiger partial charge in [0, 0.05) is 50.6 Å². The van der Waals surface area contributed by atoms with E-state index in [0.29, 0.717) is 30.6 Å². The third-order valence-corrected chi connectivity index (χ3v) is 5.28. The van der Waals surface area contributed by atoms with E-state index in [1.54, 1.807) is 35.4 Å². The molecule has 3 aromatic rings. The minimum Gasteiger partial charge on any atom is -0.392 e. The van der Waals surface area contributed by atoms with E-state index in [9.17, 15) is 19.1 Å². The number of carbonyl (C=O) groups excluding carboxylic acids is 2. The molecule has 7 nitrogen and oxygen atoms in total. The van der Waals surface area contributed by atoms with Gasteiger partial charge in [-0.15, -0.1) is 11.5 Å². The van der Waals surface area contributed by atoms with E-state index in [1.807, 2.05) is 0 Å². The fourth-order valence-electron chi connectivity index (χ4n) is 3.71. The average molecular weight is 647 g/mol. The van der Waals surface area contributed by atoms with Crippen molar-refractivity contribution in [1.82, 2.24) is 20.2 Å². The summed E-state index contributed by atoms with van der Waals surface area (Å²) in [5.41, 5.74) is 1.73. The fraction of sp³-hybridized carbons (Fsp3) is 0.318. The van der Waals surface area contributed by atoms with Crippen molar-refractivity contribution in [2.45, 2.75) is 31.4 Å². The van der Waals surface area contributed by atoms with E-state index in [-0.39, 0.29) is 55.8 Å². The number of amides is 2. The van der Waals surface area contributed by atoms with Crippen molar-refractivity contribution in [1.29, 1.82) is 0 Å². The molecule has 9 heteroatoms. The number of fused-ring (bicyclic) bond motifs is 1. The number of rotatable bonds is 5. The smallest absolute Gasteiger partial charge is 0.267 e. The number of pyridine rings is 1. The summed E-state index contributed by atoms with van der Waals surface area (Å²) in [6.45, 7) is 0.766. The molecule has 4 rings (SSSR count). The minimum atomic E-state index is -0.843. The number of aromatic nitrogens is 2. The van der Waals surface area contributed by atoms with Crippen LogP contribution in [0.3, 0.4) is 0 Å². The Kier molecular flexibility index (Phi) is 7.87. The van der Waals surface area contributed by atoms with Crippen LogP contribution < -0.4 is 5.32 Å². The third kappa shape index (κ3) is 5.73. The van der Waals surface area contributed by atoms with Gasteiger partial charge in [0.15, 0.2) is 0 Å². The van der Waals surface area contributed by atoms with Gasteiger partial charge in [-0.25, -0.2) is 4.39 Å². The number of benzene rings is 1. The molecule has 2 atom stereocenters. The molecule has 0 aliphatic carbocycles. The van der Waals surface area contributed by atoms with E-state index in [0.717, 1.165) is 10.9 Å². The van der Waals surface area contributed by atoms with Gasteiger partial charge in [0.1, 0.15) is 11.9 Å². The Morgan fingerprint density at radius 3 is 2.84 bits per heavy atom. The van der Waals surface area contributed by atoms with Crippen molar-refractivity contribution in [2.75, 3.05) is 13.1 Å². The molecule has 31 heavy (non-hydrogen) atoms. The first kappa shape index (κ1) is 23.5. The topological polar surface area (TPSA) is 98.3 Å². The molecule has 3 heterocycles.